The Labute approximate surface area is 260 Å². The summed E-state index contributed by atoms with van der Waals surface area (Å²) in [4.78, 5) is 12.0. The van der Waals surface area contributed by atoms with Gasteiger partial charge in [-0.2, -0.15) is 0 Å². The van der Waals surface area contributed by atoms with Crippen molar-refractivity contribution >= 4 is 5.97 Å². The Kier molecular flexibility index (Phi) is 30.3. The highest BCUT2D eigenvalue weighted by Crippen LogP contribution is 2.14. The number of rotatable bonds is 33. The normalized spacial score (nSPS) is 14.7. The molecule has 43 heavy (non-hydrogen) atoms. The molecular formula is C31H61NO11. The molecule has 1 atom stereocenters. The second-order valence-electron chi connectivity index (χ2n) is 10.1. The lowest BCUT2D eigenvalue weighted by molar-refractivity contribution is -0.150. The highest BCUT2D eigenvalue weighted by Gasteiger charge is 2.17. The van der Waals surface area contributed by atoms with Crippen LogP contribution in [0.15, 0.2) is 0 Å². The van der Waals surface area contributed by atoms with Crippen LogP contribution in [0.25, 0.3) is 0 Å². The lowest BCUT2D eigenvalue weighted by Crippen LogP contribution is -2.33. The summed E-state index contributed by atoms with van der Waals surface area (Å²) < 4.78 is 54.9. The van der Waals surface area contributed by atoms with Gasteiger partial charge in [0.15, 0.2) is 0 Å². The van der Waals surface area contributed by atoms with E-state index in [0.717, 1.165) is 51.6 Å². The van der Waals surface area contributed by atoms with E-state index in [1.165, 1.54) is 0 Å². The van der Waals surface area contributed by atoms with Crippen LogP contribution in [0.2, 0.25) is 0 Å². The van der Waals surface area contributed by atoms with Crippen LogP contribution in [0.3, 0.4) is 0 Å². The van der Waals surface area contributed by atoms with Crippen molar-refractivity contribution in [3.05, 3.63) is 0 Å². The van der Waals surface area contributed by atoms with Crippen molar-refractivity contribution in [3.8, 4) is 0 Å². The molecule has 1 aliphatic heterocycles. The maximum atomic E-state index is 12.0. The van der Waals surface area contributed by atoms with Gasteiger partial charge in [-0.15, -0.1) is 0 Å². The zero-order valence-electron chi connectivity index (χ0n) is 27.0. The summed E-state index contributed by atoms with van der Waals surface area (Å²) in [7, 11) is 0. The first-order valence-electron chi connectivity index (χ1n) is 16.4. The van der Waals surface area contributed by atoms with Gasteiger partial charge in [-0.3, -0.25) is 4.79 Å². The van der Waals surface area contributed by atoms with Crippen LogP contribution in [0.5, 0.6) is 0 Å². The van der Waals surface area contributed by atoms with E-state index >= 15 is 0 Å². The van der Waals surface area contributed by atoms with Gasteiger partial charge in [0.1, 0.15) is 6.61 Å². The molecule has 12 nitrogen and oxygen atoms in total. The minimum atomic E-state index is -0.116. The summed E-state index contributed by atoms with van der Waals surface area (Å²) in [6.07, 6.45) is 6.38. The minimum absolute atomic E-state index is 0.000969. The number of unbranched alkanes of at least 4 members (excludes halogenated alkanes) is 1. The summed E-state index contributed by atoms with van der Waals surface area (Å²) in [5, 5.41) is 3.33. The first kappa shape index (κ1) is 40.1. The van der Waals surface area contributed by atoms with Crippen LogP contribution < -0.4 is 5.32 Å². The van der Waals surface area contributed by atoms with Crippen molar-refractivity contribution in [1.29, 1.82) is 0 Å². The molecule has 0 radical (unpaired) electrons. The number of carbonyl (C=O) groups excluding carboxylic acids is 1. The maximum Gasteiger partial charge on any atom is 0.308 e. The summed E-state index contributed by atoms with van der Waals surface area (Å²) >= 11 is 0. The molecule has 1 saturated heterocycles. The van der Waals surface area contributed by atoms with Crippen LogP contribution >= 0.6 is 0 Å². The molecule has 0 amide bonds. The van der Waals surface area contributed by atoms with Crippen molar-refractivity contribution in [2.45, 2.75) is 58.5 Å². The number of ether oxygens (including phenoxy) is 10. The minimum Gasteiger partial charge on any atom is -0.463 e. The van der Waals surface area contributed by atoms with Gasteiger partial charge >= 0.3 is 5.97 Å². The molecule has 0 aliphatic carbocycles. The number of hydrogen-bond donors (Lipinski definition) is 1. The van der Waals surface area contributed by atoms with E-state index in [1.807, 2.05) is 6.92 Å². The van der Waals surface area contributed by atoms with E-state index in [9.17, 15) is 4.79 Å². The summed E-state index contributed by atoms with van der Waals surface area (Å²) in [6, 6.07) is 0. The van der Waals surface area contributed by atoms with E-state index in [1.54, 1.807) is 0 Å². The zero-order chi connectivity index (χ0) is 30.9. The number of nitrogens with one attached hydrogen (secondary N) is 1. The summed E-state index contributed by atoms with van der Waals surface area (Å²) in [5.74, 6) is -0.115. The zero-order valence-corrected chi connectivity index (χ0v) is 27.0. The first-order valence-corrected chi connectivity index (χ1v) is 16.4. The van der Waals surface area contributed by atoms with E-state index in [-0.39, 0.29) is 18.5 Å². The van der Waals surface area contributed by atoms with Gasteiger partial charge in [0.2, 0.25) is 0 Å². The number of hydrogen-bond acceptors (Lipinski definition) is 12. The molecule has 0 aromatic heterocycles. The maximum absolute atomic E-state index is 12.0. The van der Waals surface area contributed by atoms with Crippen molar-refractivity contribution in [2.24, 2.45) is 5.92 Å². The highest BCUT2D eigenvalue weighted by atomic mass is 16.6. The molecular weight excluding hydrogens is 562 g/mol. The topological polar surface area (TPSA) is 121 Å². The van der Waals surface area contributed by atoms with Gasteiger partial charge in [0.05, 0.1) is 124 Å². The molecule has 0 aromatic carbocycles. The van der Waals surface area contributed by atoms with Crippen molar-refractivity contribution < 1.29 is 52.2 Å². The van der Waals surface area contributed by atoms with Crippen LogP contribution in [0.1, 0.15) is 52.4 Å². The van der Waals surface area contributed by atoms with Crippen LogP contribution in [0.4, 0.5) is 0 Å². The third kappa shape index (κ3) is 27.1. The monoisotopic (exact) mass is 623 g/mol. The van der Waals surface area contributed by atoms with Gasteiger partial charge in [0, 0.05) is 0 Å². The lowest BCUT2D eigenvalue weighted by atomic mass is 10.00. The average molecular weight is 624 g/mol. The van der Waals surface area contributed by atoms with Gasteiger partial charge < -0.3 is 52.7 Å². The predicted molar refractivity (Wildman–Crippen MR) is 163 cm³/mol. The molecule has 256 valence electrons. The molecule has 0 aromatic rings. The van der Waals surface area contributed by atoms with Crippen molar-refractivity contribution in [3.63, 3.8) is 0 Å². The summed E-state index contributed by atoms with van der Waals surface area (Å²) in [5.41, 5.74) is 0. The summed E-state index contributed by atoms with van der Waals surface area (Å²) in [6.45, 7) is 15.3. The second kappa shape index (κ2) is 32.5. The van der Waals surface area contributed by atoms with Crippen molar-refractivity contribution in [1.82, 2.24) is 5.32 Å². The Hall–Kier alpha value is -0.930. The molecule has 1 aliphatic rings. The molecule has 1 fully saturated rings. The molecule has 0 bridgehead atoms. The quantitative estimate of drug-likeness (QED) is 0.0855. The van der Waals surface area contributed by atoms with Crippen LogP contribution in [-0.2, 0) is 52.2 Å². The van der Waals surface area contributed by atoms with E-state index < -0.39 is 0 Å². The van der Waals surface area contributed by atoms with Crippen LogP contribution in [-0.4, -0.2) is 144 Å². The standard InChI is InChI=1S/C31H61NO11/c1-3-5-6-29(4-2)31(33)43-28-26-41-24-22-39-20-18-37-16-14-35-12-11-34-13-15-36-17-19-38-21-23-40-25-27-42-30-7-9-32-10-8-30/h29-30,32H,3-28H2,1-2H3. The van der Waals surface area contributed by atoms with E-state index in [2.05, 4.69) is 12.2 Å². The third-order valence-corrected chi connectivity index (χ3v) is 6.68. The van der Waals surface area contributed by atoms with Gasteiger partial charge in [-0.1, -0.05) is 26.7 Å². The first-order chi connectivity index (χ1) is 21.3. The molecule has 1 heterocycles. The fourth-order valence-electron chi connectivity index (χ4n) is 4.14. The molecule has 1 N–H and O–H groups in total. The predicted octanol–water partition coefficient (Wildman–Crippen LogP) is 2.65. The molecule has 1 rings (SSSR count). The van der Waals surface area contributed by atoms with Gasteiger partial charge in [-0.25, -0.2) is 0 Å². The van der Waals surface area contributed by atoms with Gasteiger partial charge in [-0.05, 0) is 38.8 Å². The largest absolute Gasteiger partial charge is 0.463 e. The van der Waals surface area contributed by atoms with E-state index in [4.69, 9.17) is 47.4 Å². The number of carbonyl (C=O) groups is 1. The lowest BCUT2D eigenvalue weighted by Gasteiger charge is -2.22. The number of piperidine rings is 1. The van der Waals surface area contributed by atoms with Crippen molar-refractivity contribution in [2.75, 3.05) is 132 Å². The number of esters is 1. The molecule has 0 spiro atoms. The Morgan fingerprint density at radius 1 is 0.581 bits per heavy atom. The fourth-order valence-corrected chi connectivity index (χ4v) is 4.14. The Morgan fingerprint density at radius 3 is 1.33 bits per heavy atom. The Bertz CT molecular complexity index is 582. The molecule has 0 saturated carbocycles. The Morgan fingerprint density at radius 2 is 0.953 bits per heavy atom. The SMILES string of the molecule is CCCCC(CC)C(=O)OCCOCCOCCOCCOCCOCCOCCOCCOCCOC1CCNCC1. The van der Waals surface area contributed by atoms with E-state index in [0.29, 0.717) is 118 Å². The van der Waals surface area contributed by atoms with Crippen LogP contribution in [0, 0.1) is 5.92 Å². The fraction of sp³-hybridized carbons (Fsp3) is 0.968. The molecule has 1 unspecified atom stereocenters. The second-order valence-corrected chi connectivity index (χ2v) is 10.1. The Balaban J connectivity index is 1.66. The molecule has 12 heteroatoms. The smallest absolute Gasteiger partial charge is 0.308 e. The average Bonchev–Trinajstić information content (AvgIpc) is 3.03. The van der Waals surface area contributed by atoms with Gasteiger partial charge in [0.25, 0.3) is 0 Å². The highest BCUT2D eigenvalue weighted by molar-refractivity contribution is 5.72. The third-order valence-electron chi connectivity index (χ3n) is 6.68.